The largest absolute Gasteiger partial charge is 0.308 e. The molecular formula is C54H33N. The molecule has 1 heterocycles. The quantitative estimate of drug-likeness (QED) is 0.162. The Kier molecular flexibility index (Phi) is 6.40. The summed E-state index contributed by atoms with van der Waals surface area (Å²) in [5.41, 5.74) is 16.2. The van der Waals surface area contributed by atoms with E-state index in [2.05, 4.69) is 205 Å². The van der Waals surface area contributed by atoms with Gasteiger partial charge in [-0.3, -0.25) is 0 Å². The second kappa shape index (κ2) is 11.6. The maximum Gasteiger partial charge on any atom is 0.0632 e. The Hall–Kier alpha value is -7.22. The van der Waals surface area contributed by atoms with Crippen LogP contribution < -0.4 is 0 Å². The number of para-hydroxylation sites is 2. The highest BCUT2D eigenvalue weighted by molar-refractivity contribution is 6.39. The Morgan fingerprint density at radius 2 is 0.582 bits per heavy atom. The molecule has 0 amide bonds. The van der Waals surface area contributed by atoms with Crippen LogP contribution in [0.1, 0.15) is 27.8 Å². The molecule has 0 saturated heterocycles. The van der Waals surface area contributed by atoms with Crippen LogP contribution in [0.3, 0.4) is 0 Å². The number of aromatic nitrogens is 1. The predicted molar refractivity (Wildman–Crippen MR) is 234 cm³/mol. The van der Waals surface area contributed by atoms with E-state index in [-0.39, 0.29) is 0 Å². The van der Waals surface area contributed by atoms with E-state index >= 15 is 0 Å². The van der Waals surface area contributed by atoms with E-state index in [9.17, 15) is 0 Å². The average molecular weight is 696 g/mol. The smallest absolute Gasteiger partial charge is 0.0632 e. The number of allylic oxidation sites excluding steroid dienone is 5. The van der Waals surface area contributed by atoms with E-state index in [1.165, 1.54) is 116 Å². The average Bonchev–Trinajstić information content (AvgIpc) is 3.89. The molecule has 10 aromatic rings. The van der Waals surface area contributed by atoms with Gasteiger partial charge in [-0.15, -0.1) is 0 Å². The van der Waals surface area contributed by atoms with Crippen molar-refractivity contribution in [2.75, 3.05) is 0 Å². The van der Waals surface area contributed by atoms with Gasteiger partial charge in [0.1, 0.15) is 0 Å². The lowest BCUT2D eigenvalue weighted by Crippen LogP contribution is -2.02. The number of hydrogen-bond donors (Lipinski definition) is 0. The molecule has 0 aliphatic heterocycles. The minimum absolute atomic E-state index is 1.21. The van der Waals surface area contributed by atoms with Gasteiger partial charge in [-0.2, -0.15) is 0 Å². The lowest BCUT2D eigenvalue weighted by molar-refractivity contribution is 1.25. The number of hydrogen-bond acceptors (Lipinski definition) is 0. The van der Waals surface area contributed by atoms with Crippen molar-refractivity contribution >= 4 is 82.1 Å². The third-order valence-electron chi connectivity index (χ3n) is 11.9. The summed E-state index contributed by atoms with van der Waals surface area (Å²) in [4.78, 5) is 0. The summed E-state index contributed by atoms with van der Waals surface area (Å²) in [6, 6.07) is 73.9. The highest BCUT2D eigenvalue weighted by atomic mass is 15.0. The van der Waals surface area contributed by atoms with Gasteiger partial charge in [0, 0.05) is 33.1 Å². The molecule has 0 atom stereocenters. The number of benzene rings is 9. The zero-order valence-corrected chi connectivity index (χ0v) is 30.0. The van der Waals surface area contributed by atoms with Crippen molar-refractivity contribution in [3.63, 3.8) is 0 Å². The molecule has 0 fully saturated rings. The molecule has 254 valence electrons. The number of rotatable bonds is 4. The molecule has 0 radical (unpaired) electrons. The normalized spacial score (nSPS) is 14.0. The lowest BCUT2D eigenvalue weighted by Gasteiger charge is -2.19. The molecule has 1 aromatic heterocycles. The van der Waals surface area contributed by atoms with Crippen molar-refractivity contribution in [3.8, 4) is 0 Å². The summed E-state index contributed by atoms with van der Waals surface area (Å²) in [5, 5.41) is 10.2. The van der Waals surface area contributed by atoms with Gasteiger partial charge in [0.2, 0.25) is 0 Å². The van der Waals surface area contributed by atoms with Crippen LogP contribution in [0.2, 0.25) is 0 Å². The van der Waals surface area contributed by atoms with Crippen molar-refractivity contribution in [2.45, 2.75) is 0 Å². The van der Waals surface area contributed by atoms with Crippen molar-refractivity contribution in [1.82, 2.24) is 4.57 Å². The van der Waals surface area contributed by atoms with Crippen LogP contribution in [0.5, 0.6) is 0 Å². The molecule has 9 aromatic carbocycles. The summed E-state index contributed by atoms with van der Waals surface area (Å²) >= 11 is 0. The van der Waals surface area contributed by atoms with Gasteiger partial charge in [-0.05, 0) is 90.0 Å². The van der Waals surface area contributed by atoms with Crippen molar-refractivity contribution in [3.05, 3.63) is 234 Å². The number of fused-ring (bicyclic) bond motifs is 12. The summed E-state index contributed by atoms with van der Waals surface area (Å²) in [7, 11) is 0. The van der Waals surface area contributed by atoms with Crippen LogP contribution in [0.4, 0.5) is 0 Å². The van der Waals surface area contributed by atoms with Gasteiger partial charge in [0.25, 0.3) is 0 Å². The first-order chi connectivity index (χ1) is 27.3. The molecule has 0 bridgehead atoms. The van der Waals surface area contributed by atoms with Crippen LogP contribution in [-0.2, 0) is 0 Å². The summed E-state index contributed by atoms with van der Waals surface area (Å²) in [6.45, 7) is 0. The third kappa shape index (κ3) is 4.24. The van der Waals surface area contributed by atoms with Crippen LogP contribution in [-0.4, -0.2) is 4.57 Å². The monoisotopic (exact) mass is 695 g/mol. The molecular weight excluding hydrogens is 663 g/mol. The second-order valence-electron chi connectivity index (χ2n) is 14.7. The topological polar surface area (TPSA) is 4.93 Å². The summed E-state index contributed by atoms with van der Waals surface area (Å²) < 4.78 is 2.57. The van der Waals surface area contributed by atoms with E-state index in [4.69, 9.17) is 0 Å². The first-order valence-corrected chi connectivity index (χ1v) is 19.1. The second-order valence-corrected chi connectivity index (χ2v) is 14.7. The minimum Gasteiger partial charge on any atom is -0.308 e. The Balaban J connectivity index is 1.35. The van der Waals surface area contributed by atoms with Gasteiger partial charge < -0.3 is 4.57 Å². The van der Waals surface area contributed by atoms with Gasteiger partial charge in [-0.1, -0.05) is 176 Å². The zero-order chi connectivity index (χ0) is 36.0. The Bertz CT molecular complexity index is 3270. The molecule has 0 unspecified atom stereocenters. The van der Waals surface area contributed by atoms with Crippen LogP contribution >= 0.6 is 0 Å². The first-order valence-electron chi connectivity index (χ1n) is 19.1. The van der Waals surface area contributed by atoms with Crippen molar-refractivity contribution in [1.29, 1.82) is 0 Å². The minimum atomic E-state index is 1.21. The first kappa shape index (κ1) is 30.3. The summed E-state index contributed by atoms with van der Waals surface area (Å²) in [5.74, 6) is 0. The molecule has 55 heavy (non-hydrogen) atoms. The molecule has 0 N–H and O–H groups in total. The molecule has 0 saturated carbocycles. The Labute approximate surface area is 319 Å². The van der Waals surface area contributed by atoms with E-state index in [1.807, 2.05) is 0 Å². The van der Waals surface area contributed by atoms with E-state index in [1.54, 1.807) is 0 Å². The fourth-order valence-electron chi connectivity index (χ4n) is 9.69. The summed E-state index contributed by atoms with van der Waals surface area (Å²) in [6.07, 6.45) is 0. The van der Waals surface area contributed by atoms with Crippen molar-refractivity contribution in [2.24, 2.45) is 0 Å². The molecule has 1 heteroatoms. The zero-order valence-electron chi connectivity index (χ0n) is 30.0. The van der Waals surface area contributed by atoms with Crippen LogP contribution in [0.25, 0.3) is 82.1 Å². The van der Waals surface area contributed by atoms with E-state index in [0.717, 1.165) is 0 Å². The molecule has 0 spiro atoms. The maximum absolute atomic E-state index is 2.57. The van der Waals surface area contributed by atoms with Crippen LogP contribution in [0.15, 0.2) is 206 Å². The lowest BCUT2D eigenvalue weighted by atomic mass is 9.87. The Morgan fingerprint density at radius 1 is 0.236 bits per heavy atom. The van der Waals surface area contributed by atoms with E-state index < -0.39 is 0 Å². The fraction of sp³-hybridized carbons (Fsp3) is 0. The molecule has 1 nitrogen and oxygen atoms in total. The maximum atomic E-state index is 2.57. The standard InChI is InChI=1S/C54H33N/c1-4-18-34(19-5-1)49-45-32-43-39-26-12-10-24-37(39)38-25-11-13-27-40(38)44(43)33-46(45)52-53(49)50(35-20-6-2-7-21-35)51(36-22-8-3-9-23-36)54(52)55-47-30-16-14-28-41(47)42-29-15-17-31-48(42)55/h1-33H. The molecule has 2 aliphatic rings. The van der Waals surface area contributed by atoms with E-state index in [0.29, 0.717) is 0 Å². The van der Waals surface area contributed by atoms with Crippen molar-refractivity contribution < 1.29 is 0 Å². The van der Waals surface area contributed by atoms with Gasteiger partial charge in [0.05, 0.1) is 16.7 Å². The van der Waals surface area contributed by atoms with Crippen LogP contribution in [0, 0.1) is 0 Å². The highest BCUT2D eigenvalue weighted by Gasteiger charge is 2.41. The van der Waals surface area contributed by atoms with Gasteiger partial charge in [0.15, 0.2) is 0 Å². The predicted octanol–water partition coefficient (Wildman–Crippen LogP) is 14.1. The molecule has 12 rings (SSSR count). The van der Waals surface area contributed by atoms with Gasteiger partial charge >= 0.3 is 0 Å². The highest BCUT2D eigenvalue weighted by Crippen LogP contribution is 2.62. The van der Waals surface area contributed by atoms with Gasteiger partial charge in [-0.25, -0.2) is 0 Å². The molecule has 2 aliphatic carbocycles. The number of nitrogens with zero attached hydrogens (tertiary/aromatic N) is 1. The SMILES string of the molecule is c1ccc(C2=C(c3ccccc3)C(n3c4ccccc4c4ccccc43)=C3C2=C(c2ccccc2)c2cc4c5ccccc5c5ccccc5c4cc23)cc1. The third-order valence-corrected chi connectivity index (χ3v) is 11.9. The Morgan fingerprint density at radius 3 is 1.05 bits per heavy atom. The fourth-order valence-corrected chi connectivity index (χ4v) is 9.69.